The van der Waals surface area contributed by atoms with Gasteiger partial charge in [-0.3, -0.25) is 19.8 Å². The lowest BCUT2D eigenvalue weighted by Gasteiger charge is -2.34. The molecule has 0 saturated carbocycles. The quantitative estimate of drug-likeness (QED) is 0.640. The van der Waals surface area contributed by atoms with Crippen molar-refractivity contribution in [1.82, 2.24) is 9.80 Å². The van der Waals surface area contributed by atoms with Crippen molar-refractivity contribution in [3.05, 3.63) is 63.7 Å². The zero-order valence-electron chi connectivity index (χ0n) is 15.0. The highest BCUT2D eigenvalue weighted by Gasteiger charge is 2.24. The van der Waals surface area contributed by atoms with Gasteiger partial charge in [-0.1, -0.05) is 12.1 Å². The van der Waals surface area contributed by atoms with E-state index in [0.29, 0.717) is 38.5 Å². The molecule has 0 aromatic heterocycles. The zero-order valence-corrected chi connectivity index (χ0v) is 15.0. The van der Waals surface area contributed by atoms with Gasteiger partial charge < -0.3 is 14.7 Å². The summed E-state index contributed by atoms with van der Waals surface area (Å²) in [4.78, 5) is 27.0. The van der Waals surface area contributed by atoms with Crippen LogP contribution in [0.3, 0.4) is 0 Å². The number of nitrogens with zero attached hydrogens (tertiary/aromatic N) is 3. The van der Waals surface area contributed by atoms with Gasteiger partial charge in [0.15, 0.2) is 0 Å². The van der Waals surface area contributed by atoms with E-state index in [2.05, 4.69) is 4.90 Å². The number of nitro groups is 1. The van der Waals surface area contributed by atoms with E-state index in [9.17, 15) is 20.0 Å². The Morgan fingerprint density at radius 1 is 1.19 bits per heavy atom. The van der Waals surface area contributed by atoms with E-state index in [0.717, 1.165) is 5.56 Å². The topological polar surface area (TPSA) is 96.2 Å². The standard InChI is InChI=1S/C19H21N3O5/c1-27-16-5-6-17(18(23)12-16)19(24)21-9-7-20(8-10-21)13-14-3-2-4-15(11-14)22(25)26/h2-6,11-12,23H,7-10,13H2,1H3. The summed E-state index contributed by atoms with van der Waals surface area (Å²) in [5, 5.41) is 20.9. The molecular weight excluding hydrogens is 350 g/mol. The number of rotatable bonds is 5. The minimum absolute atomic E-state index is 0.0799. The largest absolute Gasteiger partial charge is 0.507 e. The minimum Gasteiger partial charge on any atom is -0.507 e. The number of carbonyl (C=O) groups is 1. The summed E-state index contributed by atoms with van der Waals surface area (Å²) in [5.41, 5.74) is 1.20. The summed E-state index contributed by atoms with van der Waals surface area (Å²) in [7, 11) is 1.50. The molecule has 27 heavy (non-hydrogen) atoms. The summed E-state index contributed by atoms with van der Waals surface area (Å²) in [6.45, 7) is 2.96. The second kappa shape index (κ2) is 8.05. The number of amides is 1. The summed E-state index contributed by atoms with van der Waals surface area (Å²) in [6.07, 6.45) is 0. The first kappa shape index (κ1) is 18.7. The van der Waals surface area contributed by atoms with E-state index in [1.54, 1.807) is 29.2 Å². The first-order valence-electron chi connectivity index (χ1n) is 8.60. The van der Waals surface area contributed by atoms with Gasteiger partial charge in [-0.05, 0) is 17.7 Å². The number of nitro benzene ring substituents is 1. The molecule has 0 radical (unpaired) electrons. The van der Waals surface area contributed by atoms with E-state index < -0.39 is 4.92 Å². The fraction of sp³-hybridized carbons (Fsp3) is 0.316. The second-order valence-corrected chi connectivity index (χ2v) is 6.38. The van der Waals surface area contributed by atoms with Crippen LogP contribution in [0.15, 0.2) is 42.5 Å². The van der Waals surface area contributed by atoms with Crippen LogP contribution in [0.2, 0.25) is 0 Å². The van der Waals surface area contributed by atoms with Crippen molar-refractivity contribution in [2.45, 2.75) is 6.54 Å². The summed E-state index contributed by atoms with van der Waals surface area (Å²) < 4.78 is 5.04. The van der Waals surface area contributed by atoms with E-state index in [1.807, 2.05) is 6.07 Å². The maximum absolute atomic E-state index is 12.6. The molecule has 0 spiro atoms. The van der Waals surface area contributed by atoms with Gasteiger partial charge in [0.05, 0.1) is 17.6 Å². The first-order valence-corrected chi connectivity index (χ1v) is 8.60. The van der Waals surface area contributed by atoms with Crippen LogP contribution in [-0.4, -0.2) is 59.0 Å². The highest BCUT2D eigenvalue weighted by Crippen LogP contribution is 2.25. The van der Waals surface area contributed by atoms with E-state index in [1.165, 1.54) is 19.2 Å². The van der Waals surface area contributed by atoms with Crippen LogP contribution in [0, 0.1) is 10.1 Å². The molecular formula is C19H21N3O5. The number of phenolic OH excluding ortho intramolecular Hbond substituents is 1. The second-order valence-electron chi connectivity index (χ2n) is 6.38. The third-order valence-electron chi connectivity index (χ3n) is 4.62. The molecule has 1 saturated heterocycles. The molecule has 0 unspecified atom stereocenters. The minimum atomic E-state index is -0.401. The van der Waals surface area contributed by atoms with Crippen molar-refractivity contribution in [1.29, 1.82) is 0 Å². The molecule has 1 fully saturated rings. The third-order valence-corrected chi connectivity index (χ3v) is 4.62. The predicted molar refractivity (Wildman–Crippen MR) is 98.9 cm³/mol. The number of methoxy groups -OCH3 is 1. The molecule has 0 bridgehead atoms. The van der Waals surface area contributed by atoms with Gasteiger partial charge in [-0.2, -0.15) is 0 Å². The highest BCUT2D eigenvalue weighted by atomic mass is 16.6. The molecule has 2 aromatic rings. The molecule has 1 aliphatic rings. The van der Waals surface area contributed by atoms with Gasteiger partial charge in [-0.15, -0.1) is 0 Å². The Morgan fingerprint density at radius 3 is 2.56 bits per heavy atom. The van der Waals surface area contributed by atoms with Gasteiger partial charge in [-0.25, -0.2) is 0 Å². The number of phenols is 1. The average molecular weight is 371 g/mol. The molecule has 1 aliphatic heterocycles. The highest BCUT2D eigenvalue weighted by molar-refractivity contribution is 5.97. The van der Waals surface area contributed by atoms with Crippen molar-refractivity contribution in [2.24, 2.45) is 0 Å². The van der Waals surface area contributed by atoms with Gasteiger partial charge >= 0.3 is 0 Å². The Hall–Kier alpha value is -3.13. The van der Waals surface area contributed by atoms with Crippen LogP contribution >= 0.6 is 0 Å². The molecule has 0 atom stereocenters. The van der Waals surface area contributed by atoms with E-state index >= 15 is 0 Å². The van der Waals surface area contributed by atoms with Crippen molar-refractivity contribution in [2.75, 3.05) is 33.3 Å². The van der Waals surface area contributed by atoms with Gasteiger partial charge in [0.2, 0.25) is 0 Å². The van der Waals surface area contributed by atoms with Crippen LogP contribution in [-0.2, 0) is 6.54 Å². The van der Waals surface area contributed by atoms with Crippen molar-refractivity contribution in [3.63, 3.8) is 0 Å². The Balaban J connectivity index is 1.59. The van der Waals surface area contributed by atoms with E-state index in [4.69, 9.17) is 4.74 Å². The fourth-order valence-electron chi connectivity index (χ4n) is 3.13. The number of hydrogen-bond donors (Lipinski definition) is 1. The van der Waals surface area contributed by atoms with E-state index in [-0.39, 0.29) is 22.9 Å². The van der Waals surface area contributed by atoms with Crippen LogP contribution in [0.25, 0.3) is 0 Å². The summed E-state index contributed by atoms with van der Waals surface area (Å²) >= 11 is 0. The monoisotopic (exact) mass is 371 g/mol. The Kier molecular flexibility index (Phi) is 5.56. The molecule has 8 heteroatoms. The Morgan fingerprint density at radius 2 is 1.93 bits per heavy atom. The molecule has 2 aromatic carbocycles. The number of non-ortho nitro benzene ring substituents is 1. The average Bonchev–Trinajstić information content (AvgIpc) is 2.68. The summed E-state index contributed by atoms with van der Waals surface area (Å²) in [5.74, 6) is 0.175. The molecule has 1 N–H and O–H groups in total. The smallest absolute Gasteiger partial charge is 0.269 e. The number of benzene rings is 2. The van der Waals surface area contributed by atoms with Gasteiger partial charge in [0.25, 0.3) is 11.6 Å². The maximum Gasteiger partial charge on any atom is 0.269 e. The van der Waals surface area contributed by atoms with Crippen LogP contribution in [0.1, 0.15) is 15.9 Å². The lowest BCUT2D eigenvalue weighted by molar-refractivity contribution is -0.384. The summed E-state index contributed by atoms with van der Waals surface area (Å²) in [6, 6.07) is 11.2. The molecule has 142 valence electrons. The number of ether oxygens (including phenoxy) is 1. The molecule has 8 nitrogen and oxygen atoms in total. The molecule has 1 amide bonds. The Labute approximate surface area is 156 Å². The lowest BCUT2D eigenvalue weighted by Crippen LogP contribution is -2.48. The van der Waals surface area contributed by atoms with Crippen molar-refractivity contribution >= 4 is 11.6 Å². The van der Waals surface area contributed by atoms with Crippen molar-refractivity contribution < 1.29 is 19.6 Å². The van der Waals surface area contributed by atoms with Gasteiger partial charge in [0.1, 0.15) is 11.5 Å². The van der Waals surface area contributed by atoms with Crippen molar-refractivity contribution in [3.8, 4) is 11.5 Å². The fourth-order valence-corrected chi connectivity index (χ4v) is 3.13. The number of hydrogen-bond acceptors (Lipinski definition) is 6. The number of carbonyl (C=O) groups excluding carboxylic acids is 1. The molecule has 0 aliphatic carbocycles. The molecule has 1 heterocycles. The SMILES string of the molecule is COc1ccc(C(=O)N2CCN(Cc3cccc([N+](=O)[O-])c3)CC2)c(O)c1. The number of aromatic hydroxyl groups is 1. The lowest BCUT2D eigenvalue weighted by atomic mass is 10.1. The molecule has 3 rings (SSSR count). The predicted octanol–water partition coefficient (Wildman–Crippen LogP) is 2.27. The van der Waals surface area contributed by atoms with Crippen LogP contribution in [0.4, 0.5) is 5.69 Å². The van der Waals surface area contributed by atoms with Crippen LogP contribution in [0.5, 0.6) is 11.5 Å². The zero-order chi connectivity index (χ0) is 19.4. The third kappa shape index (κ3) is 4.35. The normalized spacial score (nSPS) is 14.8. The number of piperazine rings is 1. The first-order chi connectivity index (χ1) is 13.0. The maximum atomic E-state index is 12.6. The Bertz CT molecular complexity index is 847. The van der Waals surface area contributed by atoms with Gasteiger partial charge in [0, 0.05) is 50.9 Å². The van der Waals surface area contributed by atoms with Crippen LogP contribution < -0.4 is 4.74 Å².